The van der Waals surface area contributed by atoms with Crippen LogP contribution in [0.2, 0.25) is 0 Å². The second-order valence-corrected chi connectivity index (χ2v) is 6.14. The van der Waals surface area contributed by atoms with E-state index in [0.29, 0.717) is 30.1 Å². The molecule has 3 amide bonds. The topological polar surface area (TPSA) is 88.5 Å². The van der Waals surface area contributed by atoms with E-state index in [-0.39, 0.29) is 11.9 Å². The molecule has 2 heterocycles. The van der Waals surface area contributed by atoms with E-state index in [2.05, 4.69) is 15.7 Å². The molecule has 3 rings (SSSR count). The van der Waals surface area contributed by atoms with E-state index in [4.69, 9.17) is 4.74 Å². The summed E-state index contributed by atoms with van der Waals surface area (Å²) in [4.78, 5) is 26.4. The number of hydrogen-bond acceptors (Lipinski definition) is 4. The van der Waals surface area contributed by atoms with Crippen LogP contribution in [-0.4, -0.2) is 53.4 Å². The fraction of sp³-hybridized carbons (Fsp3) is 0.389. The van der Waals surface area contributed by atoms with Crippen LogP contribution in [0.1, 0.15) is 23.2 Å². The van der Waals surface area contributed by atoms with Crippen molar-refractivity contribution < 1.29 is 14.3 Å². The second kappa shape index (κ2) is 8.48. The van der Waals surface area contributed by atoms with E-state index in [1.165, 1.54) is 0 Å². The molecular weight excluding hydrogens is 334 g/mol. The molecule has 1 aromatic carbocycles. The SMILES string of the molecule is COCCn1cc(NC(=O)Nc2cccc(C(=O)N3CCCC3)c2)cn1. The minimum atomic E-state index is -0.387. The van der Waals surface area contributed by atoms with Crippen LogP contribution < -0.4 is 10.6 Å². The van der Waals surface area contributed by atoms with Crippen molar-refractivity contribution in [1.82, 2.24) is 14.7 Å². The quantitative estimate of drug-likeness (QED) is 0.831. The number of benzene rings is 1. The zero-order valence-electron chi connectivity index (χ0n) is 14.8. The maximum absolute atomic E-state index is 12.4. The van der Waals surface area contributed by atoms with Gasteiger partial charge in [-0.2, -0.15) is 5.10 Å². The fourth-order valence-corrected chi connectivity index (χ4v) is 2.86. The predicted octanol–water partition coefficient (Wildman–Crippen LogP) is 2.41. The van der Waals surface area contributed by atoms with E-state index in [1.54, 1.807) is 48.5 Å². The molecule has 2 N–H and O–H groups in total. The molecule has 1 saturated heterocycles. The maximum atomic E-state index is 12.4. The molecular formula is C18H23N5O3. The minimum Gasteiger partial charge on any atom is -0.383 e. The van der Waals surface area contributed by atoms with Gasteiger partial charge in [-0.25, -0.2) is 4.79 Å². The van der Waals surface area contributed by atoms with Crippen molar-refractivity contribution in [2.24, 2.45) is 0 Å². The van der Waals surface area contributed by atoms with Gasteiger partial charge in [0.1, 0.15) is 0 Å². The van der Waals surface area contributed by atoms with Crippen LogP contribution in [0.15, 0.2) is 36.7 Å². The van der Waals surface area contributed by atoms with Gasteiger partial charge < -0.3 is 20.3 Å². The number of ether oxygens (including phenoxy) is 1. The van der Waals surface area contributed by atoms with Gasteiger partial charge in [-0.15, -0.1) is 0 Å². The molecule has 0 atom stereocenters. The van der Waals surface area contributed by atoms with Crippen molar-refractivity contribution in [2.45, 2.75) is 19.4 Å². The summed E-state index contributed by atoms with van der Waals surface area (Å²) < 4.78 is 6.68. The molecule has 26 heavy (non-hydrogen) atoms. The lowest BCUT2D eigenvalue weighted by molar-refractivity contribution is 0.0793. The zero-order valence-corrected chi connectivity index (χ0v) is 14.8. The molecule has 0 saturated carbocycles. The number of amides is 3. The number of hydrogen-bond donors (Lipinski definition) is 2. The van der Waals surface area contributed by atoms with Crippen molar-refractivity contribution in [3.8, 4) is 0 Å². The summed E-state index contributed by atoms with van der Waals surface area (Å²) in [5, 5.41) is 9.61. The summed E-state index contributed by atoms with van der Waals surface area (Å²) in [6, 6.07) is 6.60. The Bertz CT molecular complexity index is 768. The minimum absolute atomic E-state index is 0.00553. The molecule has 0 unspecified atom stereocenters. The Labute approximate surface area is 152 Å². The van der Waals surface area contributed by atoms with Gasteiger partial charge >= 0.3 is 6.03 Å². The van der Waals surface area contributed by atoms with Crippen LogP contribution >= 0.6 is 0 Å². The Morgan fingerprint density at radius 1 is 1.19 bits per heavy atom. The zero-order chi connectivity index (χ0) is 18.4. The number of methoxy groups -OCH3 is 1. The van der Waals surface area contributed by atoms with Gasteiger partial charge in [-0.3, -0.25) is 9.48 Å². The van der Waals surface area contributed by atoms with Crippen molar-refractivity contribution in [2.75, 3.05) is 37.4 Å². The fourth-order valence-electron chi connectivity index (χ4n) is 2.86. The molecule has 8 heteroatoms. The third kappa shape index (κ3) is 4.60. The van der Waals surface area contributed by atoms with Crippen LogP contribution in [-0.2, 0) is 11.3 Å². The standard InChI is InChI=1S/C18H23N5O3/c1-26-10-9-23-13-16(12-19-23)21-18(25)20-15-6-4-5-14(11-15)17(24)22-7-2-3-8-22/h4-6,11-13H,2-3,7-10H2,1H3,(H2,20,21,25). The van der Waals surface area contributed by atoms with Gasteiger partial charge in [0.15, 0.2) is 0 Å². The molecule has 8 nitrogen and oxygen atoms in total. The molecule has 138 valence electrons. The summed E-state index contributed by atoms with van der Waals surface area (Å²) in [6.45, 7) is 2.75. The van der Waals surface area contributed by atoms with Gasteiger partial charge in [0.25, 0.3) is 5.91 Å². The largest absolute Gasteiger partial charge is 0.383 e. The van der Waals surface area contributed by atoms with Crippen molar-refractivity contribution in [3.63, 3.8) is 0 Å². The molecule has 0 spiro atoms. The number of nitrogens with zero attached hydrogens (tertiary/aromatic N) is 3. The lowest BCUT2D eigenvalue weighted by atomic mass is 10.2. The molecule has 1 aliphatic rings. The Hall–Kier alpha value is -2.87. The first kappa shape index (κ1) is 17.9. The number of nitrogens with one attached hydrogen (secondary N) is 2. The van der Waals surface area contributed by atoms with Crippen molar-refractivity contribution >= 4 is 23.3 Å². The Morgan fingerprint density at radius 2 is 1.96 bits per heavy atom. The average Bonchev–Trinajstić information content (AvgIpc) is 3.31. The average molecular weight is 357 g/mol. The summed E-state index contributed by atoms with van der Waals surface area (Å²) >= 11 is 0. The Kier molecular flexibility index (Phi) is 5.85. The molecule has 0 bridgehead atoms. The smallest absolute Gasteiger partial charge is 0.323 e. The van der Waals surface area contributed by atoms with Crippen LogP contribution in [0.3, 0.4) is 0 Å². The van der Waals surface area contributed by atoms with Gasteiger partial charge in [-0.1, -0.05) is 6.07 Å². The summed E-state index contributed by atoms with van der Waals surface area (Å²) in [6.07, 6.45) is 5.39. The first-order chi connectivity index (χ1) is 12.7. The molecule has 1 aliphatic heterocycles. The van der Waals surface area contributed by atoms with Gasteiger partial charge in [0.05, 0.1) is 25.0 Å². The van der Waals surface area contributed by atoms with E-state index in [1.807, 2.05) is 4.90 Å². The highest BCUT2D eigenvalue weighted by atomic mass is 16.5. The first-order valence-electron chi connectivity index (χ1n) is 8.64. The Balaban J connectivity index is 1.58. The Morgan fingerprint density at radius 3 is 2.73 bits per heavy atom. The lowest BCUT2D eigenvalue weighted by Gasteiger charge is -2.15. The summed E-state index contributed by atoms with van der Waals surface area (Å²) in [5.41, 5.74) is 1.74. The van der Waals surface area contributed by atoms with Crippen molar-refractivity contribution in [1.29, 1.82) is 0 Å². The second-order valence-electron chi connectivity index (χ2n) is 6.14. The highest BCUT2D eigenvalue weighted by Gasteiger charge is 2.19. The molecule has 0 radical (unpaired) electrons. The van der Waals surface area contributed by atoms with E-state index in [0.717, 1.165) is 25.9 Å². The van der Waals surface area contributed by atoms with E-state index < -0.39 is 0 Å². The van der Waals surface area contributed by atoms with Crippen LogP contribution in [0, 0.1) is 0 Å². The van der Waals surface area contributed by atoms with Crippen molar-refractivity contribution in [3.05, 3.63) is 42.2 Å². The van der Waals surface area contributed by atoms with Gasteiger partial charge in [-0.05, 0) is 31.0 Å². The number of anilines is 2. The van der Waals surface area contributed by atoms with E-state index in [9.17, 15) is 9.59 Å². The number of carbonyl (C=O) groups excluding carboxylic acids is 2. The van der Waals surface area contributed by atoms with Crippen LogP contribution in [0.4, 0.5) is 16.2 Å². The van der Waals surface area contributed by atoms with Gasteiger partial charge in [0.2, 0.25) is 0 Å². The number of carbonyl (C=O) groups is 2. The number of aromatic nitrogens is 2. The molecule has 1 fully saturated rings. The molecule has 1 aromatic heterocycles. The van der Waals surface area contributed by atoms with Gasteiger partial charge in [0, 0.05) is 37.6 Å². The monoisotopic (exact) mass is 357 g/mol. The molecule has 2 aromatic rings. The highest BCUT2D eigenvalue weighted by molar-refractivity contribution is 6.01. The van der Waals surface area contributed by atoms with Crippen LogP contribution in [0.25, 0.3) is 0 Å². The number of urea groups is 1. The number of likely N-dealkylation sites (tertiary alicyclic amines) is 1. The normalized spacial score (nSPS) is 13.7. The number of rotatable bonds is 6. The lowest BCUT2D eigenvalue weighted by Crippen LogP contribution is -2.27. The third-order valence-corrected chi connectivity index (χ3v) is 4.18. The third-order valence-electron chi connectivity index (χ3n) is 4.18. The predicted molar refractivity (Wildman–Crippen MR) is 98.3 cm³/mol. The molecule has 0 aliphatic carbocycles. The van der Waals surface area contributed by atoms with E-state index >= 15 is 0 Å². The van der Waals surface area contributed by atoms with Crippen LogP contribution in [0.5, 0.6) is 0 Å². The maximum Gasteiger partial charge on any atom is 0.323 e. The summed E-state index contributed by atoms with van der Waals surface area (Å²) in [5.74, 6) is 0.00553. The summed E-state index contributed by atoms with van der Waals surface area (Å²) in [7, 11) is 1.62. The highest BCUT2D eigenvalue weighted by Crippen LogP contribution is 2.16. The first-order valence-corrected chi connectivity index (χ1v) is 8.64.